The molecule has 0 radical (unpaired) electrons. The third-order valence-corrected chi connectivity index (χ3v) is 9.06. The van der Waals surface area contributed by atoms with Gasteiger partial charge in [0.15, 0.2) is 0 Å². The van der Waals surface area contributed by atoms with E-state index in [2.05, 4.69) is 5.32 Å². The number of benzene rings is 2. The van der Waals surface area contributed by atoms with Gasteiger partial charge in [-0.25, -0.2) is 4.31 Å². The van der Waals surface area contributed by atoms with E-state index in [9.17, 15) is 18.0 Å². The summed E-state index contributed by atoms with van der Waals surface area (Å²) in [7, 11) is 0.426. The number of rotatable bonds is 11. The molecule has 1 saturated carbocycles. The highest BCUT2D eigenvalue weighted by Gasteiger charge is 2.34. The lowest BCUT2D eigenvalue weighted by atomic mass is 9.95. The molecule has 2 aromatic carbocycles. The first-order chi connectivity index (χ1) is 18.4. The second kappa shape index (κ2) is 13.3. The molecule has 39 heavy (non-hydrogen) atoms. The van der Waals surface area contributed by atoms with E-state index in [0.29, 0.717) is 11.4 Å². The number of hydrogen-bond acceptors (Lipinski definition) is 5. The summed E-state index contributed by atoms with van der Waals surface area (Å²) in [5.41, 5.74) is 2.79. The molecule has 214 valence electrons. The molecule has 1 aliphatic carbocycles. The van der Waals surface area contributed by atoms with Crippen LogP contribution in [0.3, 0.4) is 0 Å². The van der Waals surface area contributed by atoms with E-state index in [1.54, 1.807) is 26.2 Å². The Kier molecular flexibility index (Phi) is 10.4. The molecule has 0 bridgehead atoms. The van der Waals surface area contributed by atoms with Crippen molar-refractivity contribution in [3.05, 3.63) is 59.2 Å². The van der Waals surface area contributed by atoms with Crippen LogP contribution in [0.4, 0.5) is 5.69 Å². The maximum atomic E-state index is 14.0. The number of methoxy groups -OCH3 is 1. The normalized spacial score (nSPS) is 15.1. The molecular formula is C29H42N4O5S. The van der Waals surface area contributed by atoms with Crippen LogP contribution >= 0.6 is 0 Å². The fraction of sp³-hybridized carbons (Fsp3) is 0.517. The van der Waals surface area contributed by atoms with Gasteiger partial charge in [-0.1, -0.05) is 43.5 Å². The van der Waals surface area contributed by atoms with Crippen molar-refractivity contribution in [2.45, 2.75) is 71.5 Å². The van der Waals surface area contributed by atoms with Crippen LogP contribution in [0.5, 0.6) is 5.75 Å². The summed E-state index contributed by atoms with van der Waals surface area (Å²) in [5.74, 6) is -0.0891. The zero-order valence-electron chi connectivity index (χ0n) is 23.9. The average molecular weight is 559 g/mol. The van der Waals surface area contributed by atoms with Crippen molar-refractivity contribution in [1.82, 2.24) is 14.5 Å². The molecule has 0 heterocycles. The molecule has 2 amide bonds. The highest BCUT2D eigenvalue weighted by molar-refractivity contribution is 7.90. The molecule has 1 unspecified atom stereocenters. The van der Waals surface area contributed by atoms with Crippen molar-refractivity contribution in [2.24, 2.45) is 0 Å². The molecule has 0 aliphatic heterocycles. The van der Waals surface area contributed by atoms with Crippen LogP contribution in [0.15, 0.2) is 42.5 Å². The van der Waals surface area contributed by atoms with Crippen molar-refractivity contribution in [1.29, 1.82) is 0 Å². The summed E-state index contributed by atoms with van der Waals surface area (Å²) in [6.07, 6.45) is 5.14. The topological polar surface area (TPSA) is 99.3 Å². The Labute approximate surface area is 233 Å². The smallest absolute Gasteiger partial charge is 0.304 e. The largest absolute Gasteiger partial charge is 0.497 e. The zero-order valence-corrected chi connectivity index (χ0v) is 24.8. The van der Waals surface area contributed by atoms with Crippen LogP contribution in [0, 0.1) is 13.8 Å². The van der Waals surface area contributed by atoms with Gasteiger partial charge in [0.05, 0.1) is 12.8 Å². The zero-order chi connectivity index (χ0) is 28.7. The summed E-state index contributed by atoms with van der Waals surface area (Å²) in [6.45, 7) is 5.05. The molecule has 10 heteroatoms. The van der Waals surface area contributed by atoms with E-state index in [1.807, 2.05) is 44.2 Å². The fourth-order valence-corrected chi connectivity index (χ4v) is 5.92. The third-order valence-electron chi connectivity index (χ3n) is 7.26. The first-order valence-electron chi connectivity index (χ1n) is 13.4. The van der Waals surface area contributed by atoms with E-state index < -0.39 is 28.7 Å². The summed E-state index contributed by atoms with van der Waals surface area (Å²) in [4.78, 5) is 28.8. The molecule has 0 aromatic heterocycles. The van der Waals surface area contributed by atoms with Crippen LogP contribution in [0.1, 0.15) is 55.7 Å². The number of ether oxygens (including phenoxy) is 1. The number of aryl methyl sites for hydroxylation is 2. The van der Waals surface area contributed by atoms with E-state index >= 15 is 0 Å². The predicted molar refractivity (Wildman–Crippen MR) is 154 cm³/mol. The number of carbonyl (C=O) groups excluding carboxylic acids is 2. The Morgan fingerprint density at radius 1 is 1.05 bits per heavy atom. The number of amides is 2. The van der Waals surface area contributed by atoms with Crippen molar-refractivity contribution in [3.8, 4) is 5.75 Å². The van der Waals surface area contributed by atoms with E-state index in [1.165, 1.54) is 19.0 Å². The average Bonchev–Trinajstić information content (AvgIpc) is 2.91. The molecule has 0 saturated heterocycles. The molecule has 1 N–H and O–H groups in total. The molecule has 2 aromatic rings. The Hall–Kier alpha value is -3.11. The fourth-order valence-electron chi connectivity index (χ4n) is 4.81. The maximum absolute atomic E-state index is 14.0. The maximum Gasteiger partial charge on any atom is 0.304 e. The number of nitrogens with one attached hydrogen (secondary N) is 1. The van der Waals surface area contributed by atoms with Crippen LogP contribution in [-0.2, 0) is 26.3 Å². The second-order valence-corrected chi connectivity index (χ2v) is 12.5. The van der Waals surface area contributed by atoms with Crippen molar-refractivity contribution in [3.63, 3.8) is 0 Å². The van der Waals surface area contributed by atoms with Crippen molar-refractivity contribution >= 4 is 27.7 Å². The van der Waals surface area contributed by atoms with Gasteiger partial charge in [0.25, 0.3) is 0 Å². The Morgan fingerprint density at radius 3 is 2.38 bits per heavy atom. The summed E-state index contributed by atoms with van der Waals surface area (Å²) < 4.78 is 34.5. The number of nitrogens with zero attached hydrogens (tertiary/aromatic N) is 3. The molecule has 9 nitrogen and oxygen atoms in total. The van der Waals surface area contributed by atoms with Gasteiger partial charge in [-0.15, -0.1) is 0 Å². The number of carbonyl (C=O) groups is 2. The van der Waals surface area contributed by atoms with E-state index in [0.717, 1.165) is 57.4 Å². The van der Waals surface area contributed by atoms with Gasteiger partial charge in [0, 0.05) is 26.7 Å². The minimum atomic E-state index is -4.01. The molecule has 1 atom stereocenters. The van der Waals surface area contributed by atoms with E-state index in [-0.39, 0.29) is 18.5 Å². The van der Waals surface area contributed by atoms with Crippen LogP contribution < -0.4 is 14.4 Å². The third kappa shape index (κ3) is 7.73. The lowest BCUT2D eigenvalue weighted by molar-refractivity contribution is -0.139. The van der Waals surface area contributed by atoms with Crippen LogP contribution in [0.2, 0.25) is 0 Å². The number of anilines is 1. The lowest BCUT2D eigenvalue weighted by Crippen LogP contribution is -2.53. The van der Waals surface area contributed by atoms with Crippen LogP contribution in [-0.4, -0.2) is 69.3 Å². The van der Waals surface area contributed by atoms with E-state index in [4.69, 9.17) is 4.74 Å². The van der Waals surface area contributed by atoms with Gasteiger partial charge < -0.3 is 15.0 Å². The summed E-state index contributed by atoms with van der Waals surface area (Å²) in [5, 5.41) is 3.11. The molecule has 0 spiro atoms. The molecule has 1 fully saturated rings. The predicted octanol–water partition coefficient (Wildman–Crippen LogP) is 3.79. The molecule has 1 aliphatic rings. The lowest BCUT2D eigenvalue weighted by Gasteiger charge is -2.34. The Morgan fingerprint density at radius 2 is 1.74 bits per heavy atom. The SMILES string of the molecule is COc1cccc(CN(C(=O)CN(c2cc(C)ccc2C)S(=O)(=O)N(C)C)C(C)C(=O)NC2CCCCC2)c1. The van der Waals surface area contributed by atoms with Gasteiger partial charge >= 0.3 is 10.2 Å². The minimum Gasteiger partial charge on any atom is -0.497 e. The Balaban J connectivity index is 1.96. The second-order valence-electron chi connectivity index (χ2n) is 10.5. The summed E-state index contributed by atoms with van der Waals surface area (Å²) in [6, 6.07) is 12.1. The van der Waals surface area contributed by atoms with Gasteiger partial charge in [0.1, 0.15) is 18.3 Å². The van der Waals surface area contributed by atoms with Gasteiger partial charge in [-0.3, -0.25) is 9.59 Å². The van der Waals surface area contributed by atoms with Crippen molar-refractivity contribution in [2.75, 3.05) is 32.1 Å². The molecular weight excluding hydrogens is 516 g/mol. The quantitative estimate of drug-likeness (QED) is 0.453. The van der Waals surface area contributed by atoms with Crippen molar-refractivity contribution < 1.29 is 22.7 Å². The van der Waals surface area contributed by atoms with Gasteiger partial charge in [-0.2, -0.15) is 12.7 Å². The van der Waals surface area contributed by atoms with Gasteiger partial charge in [-0.05, 0) is 68.5 Å². The monoisotopic (exact) mass is 558 g/mol. The first-order valence-corrected chi connectivity index (χ1v) is 14.8. The van der Waals surface area contributed by atoms with Crippen LogP contribution in [0.25, 0.3) is 0 Å². The summed E-state index contributed by atoms with van der Waals surface area (Å²) >= 11 is 0. The number of hydrogen-bond donors (Lipinski definition) is 1. The molecule has 3 rings (SSSR count). The first kappa shape index (κ1) is 30.4. The Bertz CT molecular complexity index is 1260. The highest BCUT2D eigenvalue weighted by atomic mass is 32.2. The minimum absolute atomic E-state index is 0.0861. The van der Waals surface area contributed by atoms with Gasteiger partial charge in [0.2, 0.25) is 11.8 Å². The standard InChI is InChI=1S/C29H42N4O5S/c1-21-15-16-22(2)27(17-21)33(39(36,37)31(4)5)20-28(34)32(19-24-11-10-14-26(18-24)38-6)23(3)29(35)30-25-12-8-7-9-13-25/h10-11,14-18,23,25H,7-9,12-13,19-20H2,1-6H3,(H,30,35). The highest BCUT2D eigenvalue weighted by Crippen LogP contribution is 2.26.